The third-order valence-electron chi connectivity index (χ3n) is 5.12. The Hall–Kier alpha value is -2.80. The summed E-state index contributed by atoms with van der Waals surface area (Å²) in [6.07, 6.45) is 5.62. The maximum atomic E-state index is 11.9. The molecule has 132 valence electrons. The van der Waals surface area contributed by atoms with E-state index in [-0.39, 0.29) is 11.8 Å². The number of hydrogen-bond donors (Lipinski definition) is 1. The summed E-state index contributed by atoms with van der Waals surface area (Å²) in [5.41, 5.74) is 3.02. The highest BCUT2D eigenvalue weighted by atomic mass is 16.2. The minimum atomic E-state index is 0.0227. The molecule has 5 rings (SSSR count). The van der Waals surface area contributed by atoms with E-state index in [9.17, 15) is 4.79 Å². The van der Waals surface area contributed by atoms with Crippen molar-refractivity contribution in [2.24, 2.45) is 5.92 Å². The van der Waals surface area contributed by atoms with Crippen molar-refractivity contribution < 1.29 is 4.79 Å². The van der Waals surface area contributed by atoms with E-state index in [0.29, 0.717) is 5.95 Å². The number of imidazole rings is 1. The van der Waals surface area contributed by atoms with E-state index in [1.165, 1.54) is 0 Å². The molecule has 3 aromatic rings. The molecule has 0 saturated heterocycles. The average Bonchev–Trinajstić information content (AvgIpc) is 3.41. The Morgan fingerprint density at radius 2 is 2.08 bits per heavy atom. The fourth-order valence-electron chi connectivity index (χ4n) is 3.41. The van der Waals surface area contributed by atoms with Crippen molar-refractivity contribution in [3.63, 3.8) is 0 Å². The molecule has 3 heterocycles. The number of rotatable bonds is 3. The van der Waals surface area contributed by atoms with E-state index in [0.717, 1.165) is 60.5 Å². The molecule has 1 amide bonds. The maximum absolute atomic E-state index is 11.9. The predicted molar refractivity (Wildman–Crippen MR) is 98.4 cm³/mol. The Morgan fingerprint density at radius 1 is 1.19 bits per heavy atom. The first kappa shape index (κ1) is 15.5. The van der Waals surface area contributed by atoms with E-state index in [1.807, 2.05) is 18.3 Å². The van der Waals surface area contributed by atoms with Gasteiger partial charge in [-0.25, -0.2) is 15.0 Å². The zero-order valence-electron chi connectivity index (χ0n) is 14.6. The van der Waals surface area contributed by atoms with Crippen molar-refractivity contribution in [1.29, 1.82) is 0 Å². The number of aromatic nitrogens is 4. The van der Waals surface area contributed by atoms with Gasteiger partial charge in [-0.1, -0.05) is 12.1 Å². The SMILES string of the molecule is CN1CCn2c(-c3ccc4cnc(NC(=O)C5CC5)nc4c3)cnc2C1. The van der Waals surface area contributed by atoms with Gasteiger partial charge in [0.25, 0.3) is 0 Å². The lowest BCUT2D eigenvalue weighted by molar-refractivity contribution is -0.117. The van der Waals surface area contributed by atoms with Crippen LogP contribution in [-0.4, -0.2) is 43.9 Å². The van der Waals surface area contributed by atoms with Gasteiger partial charge in [-0.2, -0.15) is 0 Å². The highest BCUT2D eigenvalue weighted by Crippen LogP contribution is 2.30. The molecule has 1 aliphatic carbocycles. The molecule has 2 aromatic heterocycles. The maximum Gasteiger partial charge on any atom is 0.229 e. The van der Waals surface area contributed by atoms with E-state index in [1.54, 1.807) is 6.20 Å². The summed E-state index contributed by atoms with van der Waals surface area (Å²) in [6, 6.07) is 6.15. The molecule has 0 radical (unpaired) electrons. The molecule has 2 aliphatic rings. The molecular formula is C19H20N6O. The summed E-state index contributed by atoms with van der Waals surface area (Å²) >= 11 is 0. The van der Waals surface area contributed by atoms with Gasteiger partial charge in [0.1, 0.15) is 5.82 Å². The van der Waals surface area contributed by atoms with Gasteiger partial charge in [-0.05, 0) is 26.0 Å². The van der Waals surface area contributed by atoms with Crippen LogP contribution in [0.4, 0.5) is 5.95 Å². The normalized spacial score (nSPS) is 17.3. The van der Waals surface area contributed by atoms with Crippen LogP contribution < -0.4 is 5.32 Å². The largest absolute Gasteiger partial charge is 0.326 e. The third-order valence-corrected chi connectivity index (χ3v) is 5.12. The lowest BCUT2D eigenvalue weighted by Crippen LogP contribution is -2.30. The van der Waals surface area contributed by atoms with E-state index >= 15 is 0 Å². The third kappa shape index (κ3) is 2.74. The number of nitrogens with one attached hydrogen (secondary N) is 1. The van der Waals surface area contributed by atoms with E-state index in [2.05, 4.69) is 42.8 Å². The highest BCUT2D eigenvalue weighted by molar-refractivity contribution is 5.93. The zero-order valence-corrected chi connectivity index (χ0v) is 14.6. The van der Waals surface area contributed by atoms with Crippen LogP contribution in [0.15, 0.2) is 30.6 Å². The molecule has 1 saturated carbocycles. The first-order valence-electron chi connectivity index (χ1n) is 8.98. The fraction of sp³-hybridized carbons (Fsp3) is 0.368. The van der Waals surface area contributed by atoms with Crippen LogP contribution >= 0.6 is 0 Å². The molecule has 1 N–H and O–H groups in total. The van der Waals surface area contributed by atoms with Crippen molar-refractivity contribution in [1.82, 2.24) is 24.4 Å². The number of fused-ring (bicyclic) bond motifs is 2. The van der Waals surface area contributed by atoms with Crippen LogP contribution in [0, 0.1) is 5.92 Å². The number of nitrogens with zero attached hydrogens (tertiary/aromatic N) is 5. The fourth-order valence-corrected chi connectivity index (χ4v) is 3.41. The van der Waals surface area contributed by atoms with Gasteiger partial charge in [0, 0.05) is 36.2 Å². The highest BCUT2D eigenvalue weighted by Gasteiger charge is 2.30. The van der Waals surface area contributed by atoms with Gasteiger partial charge < -0.3 is 4.57 Å². The smallest absolute Gasteiger partial charge is 0.229 e. The van der Waals surface area contributed by atoms with Crippen molar-refractivity contribution >= 4 is 22.8 Å². The second kappa shape index (κ2) is 5.88. The van der Waals surface area contributed by atoms with Crippen LogP contribution in [0.3, 0.4) is 0 Å². The number of carbonyl (C=O) groups excluding carboxylic acids is 1. The van der Waals surface area contributed by atoms with Gasteiger partial charge in [0.2, 0.25) is 11.9 Å². The molecule has 26 heavy (non-hydrogen) atoms. The second-order valence-corrected chi connectivity index (χ2v) is 7.18. The predicted octanol–water partition coefficient (Wildman–Crippen LogP) is 2.29. The summed E-state index contributed by atoms with van der Waals surface area (Å²) in [5.74, 6) is 1.63. The Balaban J connectivity index is 1.50. The van der Waals surface area contributed by atoms with E-state index < -0.39 is 0 Å². The summed E-state index contributed by atoms with van der Waals surface area (Å²) in [5, 5.41) is 3.78. The van der Waals surface area contributed by atoms with Crippen LogP contribution in [0.25, 0.3) is 22.2 Å². The number of likely N-dealkylation sites (N-methyl/N-ethyl adjacent to an activating group) is 1. The topological polar surface area (TPSA) is 75.9 Å². The molecule has 1 aliphatic heterocycles. The lowest BCUT2D eigenvalue weighted by Gasteiger charge is -2.24. The Kier molecular flexibility index (Phi) is 3.49. The molecule has 1 aromatic carbocycles. The molecule has 7 nitrogen and oxygen atoms in total. The average molecular weight is 348 g/mol. The Labute approximate surface area is 151 Å². The monoisotopic (exact) mass is 348 g/mol. The van der Waals surface area contributed by atoms with Gasteiger partial charge in [0.05, 0.1) is 24.0 Å². The molecule has 0 bridgehead atoms. The van der Waals surface area contributed by atoms with Gasteiger partial charge in [-0.3, -0.25) is 15.0 Å². The minimum absolute atomic E-state index is 0.0227. The second-order valence-electron chi connectivity index (χ2n) is 7.18. The molecule has 1 fully saturated rings. The summed E-state index contributed by atoms with van der Waals surface area (Å²) in [7, 11) is 2.11. The van der Waals surface area contributed by atoms with E-state index in [4.69, 9.17) is 0 Å². The molecule has 7 heteroatoms. The van der Waals surface area contributed by atoms with Gasteiger partial charge in [-0.15, -0.1) is 0 Å². The summed E-state index contributed by atoms with van der Waals surface area (Å²) in [4.78, 5) is 27.6. The first-order valence-corrected chi connectivity index (χ1v) is 8.98. The molecule has 0 atom stereocenters. The van der Waals surface area contributed by atoms with Gasteiger partial charge in [0.15, 0.2) is 0 Å². The Morgan fingerprint density at radius 3 is 2.92 bits per heavy atom. The molecule has 0 spiro atoms. The van der Waals surface area contributed by atoms with Crippen molar-refractivity contribution in [2.45, 2.75) is 25.9 Å². The lowest BCUT2D eigenvalue weighted by atomic mass is 10.1. The van der Waals surface area contributed by atoms with Crippen LogP contribution in [-0.2, 0) is 17.9 Å². The van der Waals surface area contributed by atoms with Crippen molar-refractivity contribution in [3.8, 4) is 11.3 Å². The number of hydrogen-bond acceptors (Lipinski definition) is 5. The number of anilines is 1. The Bertz CT molecular complexity index is 1010. The number of carbonyl (C=O) groups is 1. The molecular weight excluding hydrogens is 328 g/mol. The number of benzene rings is 1. The summed E-state index contributed by atoms with van der Waals surface area (Å²) < 4.78 is 2.28. The first-order chi connectivity index (χ1) is 12.7. The number of amides is 1. The van der Waals surface area contributed by atoms with Crippen molar-refractivity contribution in [3.05, 3.63) is 36.4 Å². The van der Waals surface area contributed by atoms with Gasteiger partial charge >= 0.3 is 0 Å². The van der Waals surface area contributed by atoms with Crippen LogP contribution in [0.2, 0.25) is 0 Å². The summed E-state index contributed by atoms with van der Waals surface area (Å²) in [6.45, 7) is 2.82. The van der Waals surface area contributed by atoms with Crippen LogP contribution in [0.5, 0.6) is 0 Å². The molecule has 0 unspecified atom stereocenters. The quantitative estimate of drug-likeness (QED) is 0.786. The van der Waals surface area contributed by atoms with Crippen molar-refractivity contribution in [2.75, 3.05) is 18.9 Å². The van der Waals surface area contributed by atoms with Crippen LogP contribution in [0.1, 0.15) is 18.7 Å². The zero-order chi connectivity index (χ0) is 17.7. The minimum Gasteiger partial charge on any atom is -0.326 e. The standard InChI is InChI=1S/C19H20N6O/c1-24-6-7-25-16(10-20-17(25)11-24)13-4-5-14-9-21-19(22-15(14)8-13)23-18(26)12-2-3-12/h4-5,8-10,12H,2-3,6-7,11H2,1H3,(H,21,22,23,26).